The van der Waals surface area contributed by atoms with Gasteiger partial charge in [0.05, 0.1) is 24.5 Å². The molecule has 22 heavy (non-hydrogen) atoms. The van der Waals surface area contributed by atoms with Gasteiger partial charge in [-0.1, -0.05) is 6.07 Å². The van der Waals surface area contributed by atoms with Gasteiger partial charge in [-0.05, 0) is 17.7 Å². The van der Waals surface area contributed by atoms with E-state index in [-0.39, 0.29) is 37.3 Å². The molecule has 2 aromatic rings. The zero-order chi connectivity index (χ0) is 15.9. The van der Waals surface area contributed by atoms with Gasteiger partial charge >= 0.3 is 0 Å². The molecule has 6 nitrogen and oxygen atoms in total. The minimum absolute atomic E-state index is 0.183. The van der Waals surface area contributed by atoms with E-state index in [1.807, 2.05) is 0 Å². The Kier molecular flexibility index (Phi) is 5.62. The SMILES string of the molecule is COC(CN)CC(=O)NCc1ccc(-n2ccnc2)c(F)c1. The molecule has 1 aromatic carbocycles. The summed E-state index contributed by atoms with van der Waals surface area (Å²) < 4.78 is 20.7. The highest BCUT2D eigenvalue weighted by Gasteiger charge is 2.11. The van der Waals surface area contributed by atoms with Gasteiger partial charge < -0.3 is 20.4 Å². The summed E-state index contributed by atoms with van der Waals surface area (Å²) in [5.41, 5.74) is 6.55. The monoisotopic (exact) mass is 306 g/mol. The Morgan fingerprint density at radius 3 is 2.95 bits per heavy atom. The number of rotatable bonds is 7. The van der Waals surface area contributed by atoms with E-state index in [2.05, 4.69) is 10.3 Å². The van der Waals surface area contributed by atoms with E-state index < -0.39 is 0 Å². The average Bonchev–Trinajstić information content (AvgIpc) is 3.04. The molecule has 118 valence electrons. The van der Waals surface area contributed by atoms with E-state index >= 15 is 0 Å². The molecule has 0 spiro atoms. The van der Waals surface area contributed by atoms with Crippen molar-refractivity contribution in [3.8, 4) is 5.69 Å². The van der Waals surface area contributed by atoms with E-state index in [1.54, 1.807) is 29.1 Å². The predicted molar refractivity (Wildman–Crippen MR) is 79.8 cm³/mol. The number of methoxy groups -OCH3 is 1. The summed E-state index contributed by atoms with van der Waals surface area (Å²) in [6.45, 7) is 0.527. The molecule has 1 amide bonds. The second kappa shape index (κ2) is 7.67. The van der Waals surface area contributed by atoms with Gasteiger partial charge in [0.1, 0.15) is 5.82 Å². The summed E-state index contributed by atoms with van der Waals surface area (Å²) in [6, 6.07) is 4.80. The number of nitrogens with two attached hydrogens (primary N) is 1. The van der Waals surface area contributed by atoms with Crippen molar-refractivity contribution >= 4 is 5.91 Å². The molecule has 0 radical (unpaired) electrons. The predicted octanol–water partition coefficient (Wildman–Crippen LogP) is 0.991. The lowest BCUT2D eigenvalue weighted by Crippen LogP contribution is -2.31. The van der Waals surface area contributed by atoms with Crippen molar-refractivity contribution in [3.63, 3.8) is 0 Å². The molecule has 0 aliphatic carbocycles. The first kappa shape index (κ1) is 16.1. The van der Waals surface area contributed by atoms with Crippen LogP contribution in [0.3, 0.4) is 0 Å². The van der Waals surface area contributed by atoms with Crippen molar-refractivity contribution in [2.45, 2.75) is 19.1 Å². The summed E-state index contributed by atoms with van der Waals surface area (Å²) in [5.74, 6) is -0.558. The van der Waals surface area contributed by atoms with Crippen LogP contribution in [-0.4, -0.2) is 35.2 Å². The van der Waals surface area contributed by atoms with Crippen molar-refractivity contribution in [2.75, 3.05) is 13.7 Å². The molecule has 1 atom stereocenters. The largest absolute Gasteiger partial charge is 0.380 e. The number of imidazole rings is 1. The molecule has 0 aliphatic rings. The van der Waals surface area contributed by atoms with Gasteiger partial charge in [-0.3, -0.25) is 4.79 Å². The van der Waals surface area contributed by atoms with Crippen LogP contribution >= 0.6 is 0 Å². The molecule has 1 unspecified atom stereocenters. The molecule has 1 heterocycles. The summed E-state index contributed by atoms with van der Waals surface area (Å²) in [7, 11) is 1.51. The second-order valence-electron chi connectivity index (χ2n) is 4.83. The number of carbonyl (C=O) groups excluding carboxylic acids is 1. The van der Waals surface area contributed by atoms with Crippen LogP contribution in [0.15, 0.2) is 36.9 Å². The van der Waals surface area contributed by atoms with Crippen LogP contribution in [-0.2, 0) is 16.1 Å². The first-order valence-electron chi connectivity index (χ1n) is 6.90. The first-order valence-corrected chi connectivity index (χ1v) is 6.90. The third-order valence-corrected chi connectivity index (χ3v) is 3.29. The van der Waals surface area contributed by atoms with Crippen LogP contribution in [0.4, 0.5) is 4.39 Å². The van der Waals surface area contributed by atoms with Gasteiger partial charge in [0, 0.05) is 32.6 Å². The Bertz CT molecular complexity index is 612. The number of halogens is 1. The van der Waals surface area contributed by atoms with Crippen molar-refractivity contribution in [2.24, 2.45) is 5.73 Å². The van der Waals surface area contributed by atoms with E-state index in [0.717, 1.165) is 0 Å². The molecule has 0 saturated heterocycles. The van der Waals surface area contributed by atoms with Crippen LogP contribution in [0, 0.1) is 5.82 Å². The van der Waals surface area contributed by atoms with Gasteiger partial charge in [-0.2, -0.15) is 0 Å². The first-order chi connectivity index (χ1) is 10.6. The molecule has 0 saturated carbocycles. The van der Waals surface area contributed by atoms with Crippen LogP contribution in [0.25, 0.3) is 5.69 Å². The van der Waals surface area contributed by atoms with Gasteiger partial charge in [-0.25, -0.2) is 9.37 Å². The molecule has 3 N–H and O–H groups in total. The fourth-order valence-corrected chi connectivity index (χ4v) is 2.01. The number of benzene rings is 1. The molecular formula is C15H19FN4O2. The minimum Gasteiger partial charge on any atom is -0.380 e. The maximum Gasteiger partial charge on any atom is 0.222 e. The topological polar surface area (TPSA) is 82.2 Å². The molecule has 1 aromatic heterocycles. The van der Waals surface area contributed by atoms with E-state index in [4.69, 9.17) is 10.5 Å². The third kappa shape index (κ3) is 4.12. The minimum atomic E-state index is -0.374. The van der Waals surface area contributed by atoms with E-state index in [9.17, 15) is 9.18 Å². The normalized spacial score (nSPS) is 12.1. The number of aromatic nitrogens is 2. The van der Waals surface area contributed by atoms with Gasteiger partial charge in [-0.15, -0.1) is 0 Å². The zero-order valence-electron chi connectivity index (χ0n) is 12.3. The number of hydrogen-bond donors (Lipinski definition) is 2. The molecule has 7 heteroatoms. The maximum absolute atomic E-state index is 14.1. The van der Waals surface area contributed by atoms with Crippen molar-refractivity contribution in [1.82, 2.24) is 14.9 Å². The summed E-state index contributed by atoms with van der Waals surface area (Å²) in [4.78, 5) is 15.6. The van der Waals surface area contributed by atoms with E-state index in [1.165, 1.54) is 19.5 Å². The highest BCUT2D eigenvalue weighted by molar-refractivity contribution is 5.76. The fraction of sp³-hybridized carbons (Fsp3) is 0.333. The summed E-state index contributed by atoms with van der Waals surface area (Å²) in [5, 5.41) is 2.72. The van der Waals surface area contributed by atoms with Crippen molar-refractivity contribution in [1.29, 1.82) is 0 Å². The van der Waals surface area contributed by atoms with Gasteiger partial charge in [0.15, 0.2) is 0 Å². The van der Waals surface area contributed by atoms with E-state index in [0.29, 0.717) is 11.3 Å². The van der Waals surface area contributed by atoms with Gasteiger partial charge in [0.2, 0.25) is 5.91 Å². The summed E-state index contributed by atoms with van der Waals surface area (Å²) in [6.07, 6.45) is 4.65. The Balaban J connectivity index is 1.94. The Morgan fingerprint density at radius 1 is 1.55 bits per heavy atom. The average molecular weight is 306 g/mol. The number of nitrogens with zero attached hydrogens (tertiary/aromatic N) is 2. The van der Waals surface area contributed by atoms with Gasteiger partial charge in [0.25, 0.3) is 0 Å². The molecule has 2 rings (SSSR count). The van der Waals surface area contributed by atoms with Crippen LogP contribution in [0.2, 0.25) is 0 Å². The lowest BCUT2D eigenvalue weighted by atomic mass is 10.2. The van der Waals surface area contributed by atoms with Crippen LogP contribution < -0.4 is 11.1 Å². The number of nitrogens with one attached hydrogen (secondary N) is 1. The molecule has 0 fully saturated rings. The Labute approximate surface area is 128 Å². The standard InChI is InChI=1S/C15H19FN4O2/c1-22-12(8-17)7-15(21)19-9-11-2-3-14(13(16)6-11)20-5-4-18-10-20/h2-6,10,12H,7-9,17H2,1H3,(H,19,21). The number of carbonyl (C=O) groups is 1. The van der Waals surface area contributed by atoms with Crippen molar-refractivity contribution < 1.29 is 13.9 Å². The van der Waals surface area contributed by atoms with Crippen molar-refractivity contribution in [3.05, 3.63) is 48.3 Å². The lowest BCUT2D eigenvalue weighted by molar-refractivity contribution is -0.123. The third-order valence-electron chi connectivity index (χ3n) is 3.29. The lowest BCUT2D eigenvalue weighted by Gasteiger charge is -2.13. The number of hydrogen-bond acceptors (Lipinski definition) is 4. The highest BCUT2D eigenvalue weighted by Crippen LogP contribution is 2.15. The molecular weight excluding hydrogens is 287 g/mol. The maximum atomic E-state index is 14.1. The summed E-state index contributed by atoms with van der Waals surface area (Å²) >= 11 is 0. The number of amides is 1. The Morgan fingerprint density at radius 2 is 2.36 bits per heavy atom. The smallest absolute Gasteiger partial charge is 0.222 e. The quantitative estimate of drug-likeness (QED) is 0.799. The number of ether oxygens (including phenoxy) is 1. The Hall–Kier alpha value is -2.25. The second-order valence-corrected chi connectivity index (χ2v) is 4.83. The molecule has 0 bridgehead atoms. The molecule has 0 aliphatic heterocycles. The fourth-order valence-electron chi connectivity index (χ4n) is 2.01. The van der Waals surface area contributed by atoms with Crippen LogP contribution in [0.5, 0.6) is 0 Å². The van der Waals surface area contributed by atoms with Crippen LogP contribution in [0.1, 0.15) is 12.0 Å². The zero-order valence-corrected chi connectivity index (χ0v) is 12.3. The highest BCUT2D eigenvalue weighted by atomic mass is 19.1.